The van der Waals surface area contributed by atoms with Crippen LogP contribution in [0.1, 0.15) is 18.5 Å². The largest absolute Gasteiger partial charge is 0.496 e. The molecule has 10 heteroatoms. The van der Waals surface area contributed by atoms with Crippen LogP contribution in [0, 0.1) is 0 Å². The molecule has 1 aliphatic heterocycles. The Balaban J connectivity index is 1.96. The lowest BCUT2D eigenvalue weighted by atomic mass is 9.94. The van der Waals surface area contributed by atoms with Gasteiger partial charge in [-0.15, -0.1) is 5.10 Å². The number of hydrogen-bond donors (Lipinski definition) is 2. The minimum atomic E-state index is -0.704. The van der Waals surface area contributed by atoms with Crippen molar-refractivity contribution in [3.63, 3.8) is 0 Å². The second kappa shape index (κ2) is 7.47. The highest BCUT2D eigenvalue weighted by Gasteiger charge is 2.36. The highest BCUT2D eigenvalue weighted by molar-refractivity contribution is 5.95. The number of allylic oxidation sites excluding steroid dienone is 1. The van der Waals surface area contributed by atoms with Crippen LogP contribution in [-0.4, -0.2) is 42.0 Å². The van der Waals surface area contributed by atoms with Gasteiger partial charge in [-0.3, -0.25) is 4.79 Å². The molecule has 3 heterocycles. The van der Waals surface area contributed by atoms with Gasteiger partial charge in [-0.1, -0.05) is 0 Å². The number of nitrogens with zero attached hydrogens (tertiary/aromatic N) is 3. The number of rotatable bonds is 6. The van der Waals surface area contributed by atoms with E-state index in [0.717, 1.165) is 0 Å². The van der Waals surface area contributed by atoms with E-state index in [4.69, 9.17) is 24.4 Å². The zero-order valence-corrected chi connectivity index (χ0v) is 16.9. The molecule has 1 aliphatic rings. The number of ether oxygens (including phenoxy) is 3. The molecule has 4 rings (SSSR count). The molecule has 156 valence electrons. The summed E-state index contributed by atoms with van der Waals surface area (Å²) in [4.78, 5) is 16.9. The monoisotopic (exact) mass is 411 g/mol. The molecule has 30 heavy (non-hydrogen) atoms. The van der Waals surface area contributed by atoms with E-state index in [0.29, 0.717) is 51.6 Å². The van der Waals surface area contributed by atoms with E-state index >= 15 is 0 Å². The summed E-state index contributed by atoms with van der Waals surface area (Å²) in [6.07, 6.45) is 1.54. The lowest BCUT2D eigenvalue weighted by Crippen LogP contribution is -2.32. The Morgan fingerprint density at radius 1 is 1.17 bits per heavy atom. The first-order valence-corrected chi connectivity index (χ1v) is 9.06. The van der Waals surface area contributed by atoms with E-state index < -0.39 is 11.9 Å². The van der Waals surface area contributed by atoms with E-state index in [1.54, 1.807) is 35.9 Å². The molecule has 0 radical (unpaired) electrons. The SMILES string of the molecule is COc1cc(OC)c(C2C(C(N)=O)=C(C)Nc3nc(-c4ccco4)nn32)cc1OC. The number of amides is 1. The van der Waals surface area contributed by atoms with Crippen molar-refractivity contribution in [2.45, 2.75) is 13.0 Å². The van der Waals surface area contributed by atoms with Crippen LogP contribution in [0.4, 0.5) is 5.95 Å². The van der Waals surface area contributed by atoms with Gasteiger partial charge in [0.25, 0.3) is 0 Å². The normalized spacial score (nSPS) is 15.4. The Labute approximate surface area is 172 Å². The summed E-state index contributed by atoms with van der Waals surface area (Å²) in [5, 5.41) is 7.66. The number of aromatic nitrogens is 3. The third kappa shape index (κ3) is 3.02. The summed E-state index contributed by atoms with van der Waals surface area (Å²) in [5.74, 6) is 2.14. The molecule has 1 aromatic carbocycles. The minimum absolute atomic E-state index is 0.323. The zero-order valence-electron chi connectivity index (χ0n) is 16.9. The number of primary amides is 1. The number of nitrogens with one attached hydrogen (secondary N) is 1. The fraction of sp³-hybridized carbons (Fsp3) is 0.250. The fourth-order valence-electron chi connectivity index (χ4n) is 3.53. The highest BCUT2D eigenvalue weighted by atomic mass is 16.5. The predicted molar refractivity (Wildman–Crippen MR) is 107 cm³/mol. The molecular formula is C20H21N5O5. The molecule has 0 saturated heterocycles. The molecule has 0 spiro atoms. The molecule has 0 bridgehead atoms. The molecule has 0 aliphatic carbocycles. The number of carbonyl (C=O) groups is 1. The summed E-state index contributed by atoms with van der Waals surface area (Å²) in [6, 6.07) is 6.22. The number of hydrogen-bond acceptors (Lipinski definition) is 8. The van der Waals surface area contributed by atoms with Crippen molar-refractivity contribution in [3.05, 3.63) is 47.4 Å². The van der Waals surface area contributed by atoms with Crippen molar-refractivity contribution >= 4 is 11.9 Å². The number of furan rings is 1. The van der Waals surface area contributed by atoms with Crippen LogP contribution in [0.2, 0.25) is 0 Å². The fourth-order valence-corrected chi connectivity index (χ4v) is 3.53. The Kier molecular flexibility index (Phi) is 4.82. The van der Waals surface area contributed by atoms with Gasteiger partial charge in [-0.2, -0.15) is 4.98 Å². The van der Waals surface area contributed by atoms with Crippen molar-refractivity contribution < 1.29 is 23.4 Å². The number of anilines is 1. The third-order valence-corrected chi connectivity index (χ3v) is 4.89. The Hall–Kier alpha value is -3.95. The maximum atomic E-state index is 12.4. The second-order valence-electron chi connectivity index (χ2n) is 6.56. The van der Waals surface area contributed by atoms with Gasteiger partial charge in [0.2, 0.25) is 17.7 Å². The maximum Gasteiger partial charge on any atom is 0.248 e. The first-order chi connectivity index (χ1) is 14.5. The molecule has 1 atom stereocenters. The number of fused-ring (bicyclic) bond motifs is 1. The summed E-state index contributed by atoms with van der Waals surface area (Å²) >= 11 is 0. The van der Waals surface area contributed by atoms with Crippen LogP contribution in [0.3, 0.4) is 0 Å². The Morgan fingerprint density at radius 3 is 2.47 bits per heavy atom. The van der Waals surface area contributed by atoms with Gasteiger partial charge in [0.05, 0.1) is 33.2 Å². The van der Waals surface area contributed by atoms with Gasteiger partial charge in [0.15, 0.2) is 17.3 Å². The van der Waals surface area contributed by atoms with Gasteiger partial charge in [-0.05, 0) is 25.1 Å². The van der Waals surface area contributed by atoms with Crippen LogP contribution in [-0.2, 0) is 4.79 Å². The van der Waals surface area contributed by atoms with Crippen molar-refractivity contribution in [1.82, 2.24) is 14.8 Å². The molecule has 1 amide bonds. The molecule has 0 saturated carbocycles. The lowest BCUT2D eigenvalue weighted by Gasteiger charge is -2.29. The average Bonchev–Trinajstić information content (AvgIpc) is 3.41. The van der Waals surface area contributed by atoms with Crippen LogP contribution < -0.4 is 25.3 Å². The van der Waals surface area contributed by atoms with Crippen molar-refractivity contribution in [2.24, 2.45) is 5.73 Å². The van der Waals surface area contributed by atoms with Crippen LogP contribution in [0.15, 0.2) is 46.2 Å². The van der Waals surface area contributed by atoms with Crippen LogP contribution >= 0.6 is 0 Å². The molecule has 2 aromatic heterocycles. The van der Waals surface area contributed by atoms with E-state index in [1.165, 1.54) is 27.6 Å². The minimum Gasteiger partial charge on any atom is -0.496 e. The average molecular weight is 411 g/mol. The number of benzene rings is 1. The Bertz CT molecular complexity index is 1130. The van der Waals surface area contributed by atoms with Crippen molar-refractivity contribution in [1.29, 1.82) is 0 Å². The lowest BCUT2D eigenvalue weighted by molar-refractivity contribution is -0.115. The van der Waals surface area contributed by atoms with Crippen LogP contribution in [0.25, 0.3) is 11.6 Å². The van der Waals surface area contributed by atoms with E-state index in [-0.39, 0.29) is 0 Å². The van der Waals surface area contributed by atoms with Gasteiger partial charge < -0.3 is 29.7 Å². The first kappa shape index (κ1) is 19.4. The summed E-state index contributed by atoms with van der Waals surface area (Å²) in [5.41, 5.74) is 7.25. The molecule has 3 aromatic rings. The van der Waals surface area contributed by atoms with Gasteiger partial charge in [0, 0.05) is 17.3 Å². The first-order valence-electron chi connectivity index (χ1n) is 9.06. The van der Waals surface area contributed by atoms with Gasteiger partial charge in [-0.25, -0.2) is 4.68 Å². The summed E-state index contributed by atoms with van der Waals surface area (Å²) in [6.45, 7) is 1.76. The number of methoxy groups -OCH3 is 3. The maximum absolute atomic E-state index is 12.4. The van der Waals surface area contributed by atoms with Crippen molar-refractivity contribution in [2.75, 3.05) is 26.6 Å². The van der Waals surface area contributed by atoms with Gasteiger partial charge >= 0.3 is 0 Å². The molecule has 0 fully saturated rings. The molecule has 1 unspecified atom stereocenters. The topological polar surface area (TPSA) is 127 Å². The summed E-state index contributed by atoms with van der Waals surface area (Å²) in [7, 11) is 4.59. The predicted octanol–water partition coefficient (Wildman–Crippen LogP) is 2.34. The van der Waals surface area contributed by atoms with Gasteiger partial charge in [0.1, 0.15) is 11.8 Å². The smallest absolute Gasteiger partial charge is 0.248 e. The van der Waals surface area contributed by atoms with Crippen molar-refractivity contribution in [3.8, 4) is 28.8 Å². The molecular weight excluding hydrogens is 390 g/mol. The molecule has 10 nitrogen and oxygen atoms in total. The van der Waals surface area contributed by atoms with Crippen LogP contribution in [0.5, 0.6) is 17.2 Å². The number of carbonyl (C=O) groups excluding carboxylic acids is 1. The van der Waals surface area contributed by atoms with E-state index in [2.05, 4.69) is 15.4 Å². The zero-order chi connectivity index (χ0) is 21.4. The quantitative estimate of drug-likeness (QED) is 0.633. The molecule has 3 N–H and O–H groups in total. The highest BCUT2D eigenvalue weighted by Crippen LogP contribution is 2.44. The third-order valence-electron chi connectivity index (χ3n) is 4.89. The second-order valence-corrected chi connectivity index (χ2v) is 6.56. The summed E-state index contributed by atoms with van der Waals surface area (Å²) < 4.78 is 23.4. The number of nitrogens with two attached hydrogens (primary N) is 1. The standard InChI is InChI=1S/C20H21N5O5/c1-10-16(18(21)26)17(11-8-14(28-3)15(29-4)9-13(11)27-2)25-20(22-10)23-19(24-25)12-6-5-7-30-12/h5-9,17H,1-4H3,(H2,21,26)(H,22,23,24). The van der Waals surface area contributed by atoms with E-state index in [9.17, 15) is 4.79 Å². The Morgan fingerprint density at radius 2 is 1.87 bits per heavy atom. The van der Waals surface area contributed by atoms with E-state index in [1.807, 2.05) is 0 Å².